The molecule has 1 unspecified atom stereocenters. The largest absolute Gasteiger partial charge is 0.480 e. The van der Waals surface area contributed by atoms with E-state index in [4.69, 9.17) is 0 Å². The highest BCUT2D eigenvalue weighted by molar-refractivity contribution is 7.90. The van der Waals surface area contributed by atoms with Crippen LogP contribution in [0.15, 0.2) is 40.7 Å². The third kappa shape index (κ3) is 16.2. The van der Waals surface area contributed by atoms with E-state index in [0.29, 0.717) is 36.6 Å². The van der Waals surface area contributed by atoms with Crippen LogP contribution in [0.1, 0.15) is 36.3 Å². The first-order valence-electron chi connectivity index (χ1n) is 17.2. The lowest BCUT2D eigenvalue weighted by Crippen LogP contribution is -2.51. The Bertz CT molecular complexity index is 1620. The van der Waals surface area contributed by atoms with Gasteiger partial charge in [-0.2, -0.15) is 0 Å². The molecule has 1 fully saturated rings. The molecule has 2 heterocycles. The van der Waals surface area contributed by atoms with Crippen molar-refractivity contribution < 1.29 is 52.5 Å². The summed E-state index contributed by atoms with van der Waals surface area (Å²) in [5.41, 5.74) is 0.616. The molecule has 1 aromatic heterocycles. The van der Waals surface area contributed by atoms with Gasteiger partial charge >= 0.3 is 17.9 Å². The molecule has 1 atom stereocenters. The summed E-state index contributed by atoms with van der Waals surface area (Å²) >= 11 is 1.25. The van der Waals surface area contributed by atoms with Crippen molar-refractivity contribution >= 4 is 57.1 Å². The standard InChI is InChI=1S/C34H48N6O11S2/c41-20-19-37-11-12-38(23-32(44)45)13-14-39(24-33(46)47)16-18-40(17-15-37)29(34(48)49)2-1-9-35-30(43)8-5-27(42)22-26-3-6-28(7-4-26)53(50,51)25-31-36-10-21-52-31/h3-4,6-7,10,20-21,29H,1-2,5,8-9,11-19,22-25H2,(H,35,43)(H,44,45)(H,46,47)(H,48,49). The number of carboxylic acid groups (broad SMARTS) is 3. The van der Waals surface area contributed by atoms with E-state index in [1.54, 1.807) is 32.2 Å². The van der Waals surface area contributed by atoms with Crippen molar-refractivity contribution in [2.75, 3.05) is 78.5 Å². The summed E-state index contributed by atoms with van der Waals surface area (Å²) in [7, 11) is -3.58. The van der Waals surface area contributed by atoms with E-state index in [0.717, 1.165) is 6.29 Å². The maximum Gasteiger partial charge on any atom is 0.320 e. The fourth-order valence-electron chi connectivity index (χ4n) is 5.88. The molecule has 2 aromatic rings. The smallest absolute Gasteiger partial charge is 0.320 e. The van der Waals surface area contributed by atoms with Gasteiger partial charge in [-0.15, -0.1) is 11.3 Å². The van der Waals surface area contributed by atoms with Gasteiger partial charge in [-0.1, -0.05) is 12.1 Å². The van der Waals surface area contributed by atoms with Crippen molar-refractivity contribution in [1.29, 1.82) is 0 Å². The minimum atomic E-state index is -3.58. The molecule has 292 valence electrons. The molecule has 3 rings (SSSR count). The Labute approximate surface area is 312 Å². The van der Waals surface area contributed by atoms with Crippen LogP contribution in [0.5, 0.6) is 0 Å². The summed E-state index contributed by atoms with van der Waals surface area (Å²) in [6, 6.07) is 5.09. The van der Waals surface area contributed by atoms with Crippen LogP contribution in [0.3, 0.4) is 0 Å². The van der Waals surface area contributed by atoms with Crippen molar-refractivity contribution in [3.8, 4) is 0 Å². The molecule has 17 nitrogen and oxygen atoms in total. The molecule has 1 amide bonds. The fourth-order valence-corrected chi connectivity index (χ4v) is 8.13. The summed E-state index contributed by atoms with van der Waals surface area (Å²) in [4.78, 5) is 82.8. The van der Waals surface area contributed by atoms with Crippen LogP contribution in [-0.4, -0.2) is 169 Å². The van der Waals surface area contributed by atoms with Crippen molar-refractivity contribution in [3.05, 3.63) is 46.4 Å². The van der Waals surface area contributed by atoms with Gasteiger partial charge in [0, 0.05) is 89.7 Å². The molecule has 0 spiro atoms. The van der Waals surface area contributed by atoms with Crippen LogP contribution in [-0.2, 0) is 50.8 Å². The third-order valence-corrected chi connectivity index (χ3v) is 11.3. The average Bonchev–Trinajstić information content (AvgIpc) is 3.60. The van der Waals surface area contributed by atoms with E-state index in [-0.39, 0.29) is 107 Å². The highest BCUT2D eigenvalue weighted by atomic mass is 32.2. The molecule has 1 aliphatic rings. The number of hydrogen-bond acceptors (Lipinski definition) is 14. The lowest BCUT2D eigenvalue weighted by molar-refractivity contribution is -0.144. The van der Waals surface area contributed by atoms with Crippen molar-refractivity contribution in [2.24, 2.45) is 0 Å². The number of carboxylic acids is 3. The molecule has 0 bridgehead atoms. The first kappa shape index (κ1) is 43.3. The van der Waals surface area contributed by atoms with E-state index in [9.17, 15) is 52.5 Å². The second-order valence-electron chi connectivity index (χ2n) is 12.7. The maximum absolute atomic E-state index is 12.6. The number of nitrogens with one attached hydrogen (secondary N) is 1. The molecule has 1 aromatic carbocycles. The van der Waals surface area contributed by atoms with Gasteiger partial charge in [-0.3, -0.25) is 43.6 Å². The number of thiazole rings is 1. The number of amides is 1. The number of rotatable bonds is 20. The lowest BCUT2D eigenvalue weighted by Gasteiger charge is -2.35. The van der Waals surface area contributed by atoms with Gasteiger partial charge in [0.05, 0.1) is 24.5 Å². The number of benzene rings is 1. The van der Waals surface area contributed by atoms with Crippen LogP contribution in [0.25, 0.3) is 0 Å². The first-order valence-corrected chi connectivity index (χ1v) is 19.8. The quantitative estimate of drug-likeness (QED) is 0.102. The van der Waals surface area contributed by atoms with E-state index in [2.05, 4.69) is 10.3 Å². The number of aromatic nitrogens is 1. The number of carbonyl (C=O) groups is 6. The minimum absolute atomic E-state index is 0.0281. The summed E-state index contributed by atoms with van der Waals surface area (Å²) in [5.74, 6) is -3.95. The maximum atomic E-state index is 12.6. The molecular weight excluding hydrogens is 733 g/mol. The molecular formula is C34H48N6O11S2. The van der Waals surface area contributed by atoms with Gasteiger partial charge in [0.1, 0.15) is 28.9 Å². The number of Topliss-reactive ketones (excluding diaryl/α,β-unsaturated/α-hetero) is 1. The summed E-state index contributed by atoms with van der Waals surface area (Å²) in [5, 5.41) is 33.8. The number of ketones is 1. The third-order valence-electron chi connectivity index (χ3n) is 8.74. The number of sulfone groups is 1. The fraction of sp³-hybridized carbons (Fsp3) is 0.559. The van der Waals surface area contributed by atoms with Gasteiger partial charge in [0.2, 0.25) is 5.91 Å². The molecule has 0 saturated carbocycles. The van der Waals surface area contributed by atoms with Crippen LogP contribution >= 0.6 is 11.3 Å². The van der Waals surface area contributed by atoms with Crippen LogP contribution in [0, 0.1) is 0 Å². The Balaban J connectivity index is 1.49. The number of aldehydes is 1. The van der Waals surface area contributed by atoms with E-state index in [1.807, 2.05) is 4.90 Å². The van der Waals surface area contributed by atoms with E-state index in [1.165, 1.54) is 29.7 Å². The zero-order valence-electron chi connectivity index (χ0n) is 29.5. The highest BCUT2D eigenvalue weighted by Crippen LogP contribution is 2.19. The van der Waals surface area contributed by atoms with Crippen LogP contribution < -0.4 is 5.32 Å². The second kappa shape index (κ2) is 22.2. The Hall–Kier alpha value is -4.14. The molecule has 0 radical (unpaired) electrons. The zero-order chi connectivity index (χ0) is 38.8. The first-order chi connectivity index (χ1) is 25.2. The SMILES string of the molecule is O=CCN1CCN(CC(=O)O)CCN(CC(=O)O)CCN(C(CCCNC(=O)CCC(=O)Cc2ccc(S(=O)(=O)Cc3nccs3)cc2)C(=O)O)CC1. The van der Waals surface area contributed by atoms with E-state index < -0.39 is 33.8 Å². The van der Waals surface area contributed by atoms with Gasteiger partial charge in [0.15, 0.2) is 9.84 Å². The molecule has 1 aliphatic heterocycles. The normalized spacial score (nSPS) is 16.5. The molecule has 4 N–H and O–H groups in total. The molecule has 0 aliphatic carbocycles. The van der Waals surface area contributed by atoms with Gasteiger partial charge < -0.3 is 25.4 Å². The van der Waals surface area contributed by atoms with Gasteiger partial charge in [-0.25, -0.2) is 13.4 Å². The Morgan fingerprint density at radius 3 is 1.98 bits per heavy atom. The zero-order valence-corrected chi connectivity index (χ0v) is 31.1. The van der Waals surface area contributed by atoms with Gasteiger partial charge in [0.25, 0.3) is 0 Å². The monoisotopic (exact) mass is 780 g/mol. The van der Waals surface area contributed by atoms with Crippen LogP contribution in [0.2, 0.25) is 0 Å². The minimum Gasteiger partial charge on any atom is -0.480 e. The Morgan fingerprint density at radius 1 is 0.849 bits per heavy atom. The van der Waals surface area contributed by atoms with Crippen molar-refractivity contribution in [3.63, 3.8) is 0 Å². The number of carbonyl (C=O) groups excluding carboxylic acids is 3. The summed E-state index contributed by atoms with van der Waals surface area (Å²) in [6.07, 6.45) is 2.69. The molecule has 19 heteroatoms. The molecule has 1 saturated heterocycles. The number of hydrogen-bond donors (Lipinski definition) is 4. The van der Waals surface area contributed by atoms with Crippen LogP contribution in [0.4, 0.5) is 0 Å². The predicted molar refractivity (Wildman–Crippen MR) is 193 cm³/mol. The van der Waals surface area contributed by atoms with E-state index >= 15 is 0 Å². The van der Waals surface area contributed by atoms with Crippen molar-refractivity contribution in [2.45, 2.75) is 48.8 Å². The number of nitrogens with zero attached hydrogens (tertiary/aromatic N) is 5. The lowest BCUT2D eigenvalue weighted by atomic mass is 10.1. The summed E-state index contributed by atoms with van der Waals surface area (Å²) < 4.78 is 25.3. The Kier molecular flexibility index (Phi) is 18.1. The molecule has 53 heavy (non-hydrogen) atoms. The Morgan fingerprint density at radius 2 is 1.43 bits per heavy atom. The highest BCUT2D eigenvalue weighted by Gasteiger charge is 2.27. The summed E-state index contributed by atoms with van der Waals surface area (Å²) in [6.45, 7) is 1.91. The number of aliphatic carboxylic acids is 3. The van der Waals surface area contributed by atoms with Crippen molar-refractivity contribution in [1.82, 2.24) is 29.9 Å². The van der Waals surface area contributed by atoms with Gasteiger partial charge in [-0.05, 0) is 30.5 Å². The topological polar surface area (TPSA) is 235 Å². The predicted octanol–water partition coefficient (Wildman–Crippen LogP) is -0.0519. The second-order valence-corrected chi connectivity index (χ2v) is 15.7. The average molecular weight is 781 g/mol.